The van der Waals surface area contributed by atoms with Crippen molar-refractivity contribution in [3.63, 3.8) is 0 Å². The average molecular weight is 118 g/mol. The third-order valence-electron chi connectivity index (χ3n) is 1.80. The molecule has 1 N–H and O–H groups in total. The van der Waals surface area contributed by atoms with E-state index in [9.17, 15) is 4.39 Å². The van der Waals surface area contributed by atoms with Crippen molar-refractivity contribution in [1.29, 1.82) is 0 Å². The predicted octanol–water partition coefficient (Wildman–Crippen LogP) is 1.12. The highest BCUT2D eigenvalue weighted by Gasteiger charge is 2.31. The Morgan fingerprint density at radius 2 is 2.12 bits per heavy atom. The summed E-state index contributed by atoms with van der Waals surface area (Å²) >= 11 is 0. The van der Waals surface area contributed by atoms with Gasteiger partial charge in [-0.15, -0.1) is 0 Å². The second kappa shape index (κ2) is 2.02. The molecule has 1 rings (SSSR count). The zero-order valence-corrected chi connectivity index (χ0v) is 4.97. The number of aliphatic hydroxyl groups is 1. The zero-order valence-electron chi connectivity index (χ0n) is 4.97. The third kappa shape index (κ3) is 0.996. The number of alkyl halides is 1. The van der Waals surface area contributed by atoms with Gasteiger partial charge in [-0.3, -0.25) is 0 Å². The van der Waals surface area contributed by atoms with E-state index in [0.29, 0.717) is 12.8 Å². The highest BCUT2D eigenvalue weighted by molar-refractivity contribution is 4.81. The maximum Gasteiger partial charge on any atom is 0.101 e. The first kappa shape index (κ1) is 6.02. The molecule has 0 spiro atoms. The first-order valence-corrected chi connectivity index (χ1v) is 3.02. The van der Waals surface area contributed by atoms with E-state index in [0.717, 1.165) is 0 Å². The van der Waals surface area contributed by atoms with Gasteiger partial charge in [-0.2, -0.15) is 0 Å². The summed E-state index contributed by atoms with van der Waals surface area (Å²) in [6.45, 7) is 1.72. The summed E-state index contributed by atoms with van der Waals surface area (Å²) in [7, 11) is 0. The van der Waals surface area contributed by atoms with Crippen LogP contribution in [0.3, 0.4) is 0 Å². The van der Waals surface area contributed by atoms with Crippen LogP contribution in [-0.4, -0.2) is 17.4 Å². The van der Waals surface area contributed by atoms with Crippen molar-refractivity contribution >= 4 is 0 Å². The Morgan fingerprint density at radius 3 is 2.25 bits per heavy atom. The molecule has 0 saturated heterocycles. The minimum absolute atomic E-state index is 0.241. The molecule has 0 unspecified atom stereocenters. The van der Waals surface area contributed by atoms with Gasteiger partial charge in [0.2, 0.25) is 0 Å². The molecule has 1 aliphatic carbocycles. The molecule has 0 aromatic heterocycles. The van der Waals surface area contributed by atoms with Crippen LogP contribution in [0.1, 0.15) is 19.8 Å². The average Bonchev–Trinajstić information content (AvgIpc) is 1.57. The van der Waals surface area contributed by atoms with Crippen LogP contribution in [0.4, 0.5) is 4.39 Å². The van der Waals surface area contributed by atoms with Gasteiger partial charge in [0.25, 0.3) is 0 Å². The summed E-state index contributed by atoms with van der Waals surface area (Å²) in [5.74, 6) is 0.241. The zero-order chi connectivity index (χ0) is 6.15. The fraction of sp³-hybridized carbons (Fsp3) is 1.00. The normalized spacial score (nSPS) is 40.9. The van der Waals surface area contributed by atoms with Crippen LogP contribution < -0.4 is 0 Å². The smallest absolute Gasteiger partial charge is 0.101 e. The van der Waals surface area contributed by atoms with Gasteiger partial charge < -0.3 is 5.11 Å². The monoisotopic (exact) mass is 118 g/mol. The van der Waals surface area contributed by atoms with Crippen molar-refractivity contribution in [1.82, 2.24) is 0 Å². The van der Waals surface area contributed by atoms with Gasteiger partial charge in [-0.1, -0.05) is 0 Å². The molecule has 0 aliphatic heterocycles. The van der Waals surface area contributed by atoms with Gasteiger partial charge in [0.05, 0.1) is 6.10 Å². The van der Waals surface area contributed by atoms with Gasteiger partial charge in [0.15, 0.2) is 0 Å². The standard InChI is InChI=1S/C6H11FO/c1-4(8)5-2-6(7)3-5/h4-6,8H,2-3H2,1H3/t4-,5?,6?/m0/s1. The van der Waals surface area contributed by atoms with Crippen molar-refractivity contribution in [2.24, 2.45) is 5.92 Å². The Balaban J connectivity index is 2.15. The first-order chi connectivity index (χ1) is 3.70. The van der Waals surface area contributed by atoms with Gasteiger partial charge in [0, 0.05) is 0 Å². The van der Waals surface area contributed by atoms with E-state index in [2.05, 4.69) is 0 Å². The molecule has 0 heterocycles. The summed E-state index contributed by atoms with van der Waals surface area (Å²) in [6.07, 6.45) is 0.201. The lowest BCUT2D eigenvalue weighted by atomic mass is 9.80. The molecule has 2 heteroatoms. The SMILES string of the molecule is C[C@H](O)C1CC(F)C1. The minimum atomic E-state index is -0.630. The van der Waals surface area contributed by atoms with E-state index in [1.54, 1.807) is 6.92 Å². The molecule has 1 fully saturated rings. The minimum Gasteiger partial charge on any atom is -0.393 e. The van der Waals surface area contributed by atoms with E-state index in [1.807, 2.05) is 0 Å². The van der Waals surface area contributed by atoms with E-state index < -0.39 is 6.17 Å². The fourth-order valence-corrected chi connectivity index (χ4v) is 0.982. The topological polar surface area (TPSA) is 20.2 Å². The van der Waals surface area contributed by atoms with Crippen molar-refractivity contribution < 1.29 is 9.50 Å². The first-order valence-electron chi connectivity index (χ1n) is 3.02. The molecule has 1 atom stereocenters. The molecule has 1 aliphatic rings. The highest BCUT2D eigenvalue weighted by atomic mass is 19.1. The summed E-state index contributed by atoms with van der Waals surface area (Å²) in [5.41, 5.74) is 0. The van der Waals surface area contributed by atoms with E-state index >= 15 is 0 Å². The molecule has 0 radical (unpaired) electrons. The van der Waals surface area contributed by atoms with Crippen LogP contribution in [0.15, 0.2) is 0 Å². The lowest BCUT2D eigenvalue weighted by Gasteiger charge is -2.31. The molecule has 0 aromatic carbocycles. The molecule has 0 amide bonds. The molecular formula is C6H11FO. The third-order valence-corrected chi connectivity index (χ3v) is 1.80. The molecule has 0 bridgehead atoms. The van der Waals surface area contributed by atoms with Gasteiger partial charge in [-0.05, 0) is 25.7 Å². The molecule has 1 nitrogen and oxygen atoms in total. The van der Waals surface area contributed by atoms with Crippen LogP contribution in [0.25, 0.3) is 0 Å². The number of halogens is 1. The summed E-state index contributed by atoms with van der Waals surface area (Å²) in [5, 5.41) is 8.82. The molecular weight excluding hydrogens is 107 g/mol. The Kier molecular flexibility index (Phi) is 1.52. The molecule has 0 aromatic rings. The van der Waals surface area contributed by atoms with Crippen molar-refractivity contribution in [3.05, 3.63) is 0 Å². The van der Waals surface area contributed by atoms with E-state index in [-0.39, 0.29) is 12.0 Å². The number of hydrogen-bond donors (Lipinski definition) is 1. The van der Waals surface area contributed by atoms with Crippen molar-refractivity contribution in [2.45, 2.75) is 32.0 Å². The van der Waals surface area contributed by atoms with Crippen LogP contribution in [-0.2, 0) is 0 Å². The fourth-order valence-electron chi connectivity index (χ4n) is 0.982. The number of rotatable bonds is 1. The maximum absolute atomic E-state index is 12.0. The molecule has 8 heavy (non-hydrogen) atoms. The lowest BCUT2D eigenvalue weighted by Crippen LogP contribution is -2.32. The Hall–Kier alpha value is -0.110. The molecule has 1 saturated carbocycles. The Bertz CT molecular complexity index is 76.6. The number of aliphatic hydroxyl groups excluding tert-OH is 1. The largest absolute Gasteiger partial charge is 0.393 e. The van der Waals surface area contributed by atoms with Gasteiger partial charge >= 0.3 is 0 Å². The Morgan fingerprint density at radius 1 is 1.62 bits per heavy atom. The second-order valence-corrected chi connectivity index (χ2v) is 2.57. The van der Waals surface area contributed by atoms with E-state index in [1.165, 1.54) is 0 Å². The molecule has 48 valence electrons. The summed E-state index contributed by atoms with van der Waals surface area (Å²) in [6, 6.07) is 0. The number of hydrogen-bond acceptors (Lipinski definition) is 1. The van der Waals surface area contributed by atoms with Crippen LogP contribution in [0.5, 0.6) is 0 Å². The predicted molar refractivity (Wildman–Crippen MR) is 29.3 cm³/mol. The van der Waals surface area contributed by atoms with Crippen molar-refractivity contribution in [3.8, 4) is 0 Å². The van der Waals surface area contributed by atoms with Gasteiger partial charge in [0.1, 0.15) is 6.17 Å². The van der Waals surface area contributed by atoms with Crippen LogP contribution in [0.2, 0.25) is 0 Å². The van der Waals surface area contributed by atoms with Crippen molar-refractivity contribution in [2.75, 3.05) is 0 Å². The van der Waals surface area contributed by atoms with Crippen LogP contribution in [0, 0.1) is 5.92 Å². The second-order valence-electron chi connectivity index (χ2n) is 2.57. The highest BCUT2D eigenvalue weighted by Crippen LogP contribution is 2.32. The summed E-state index contributed by atoms with van der Waals surface area (Å²) in [4.78, 5) is 0. The quantitative estimate of drug-likeness (QED) is 0.547. The maximum atomic E-state index is 12.0. The lowest BCUT2D eigenvalue weighted by molar-refractivity contribution is 0.0228. The van der Waals surface area contributed by atoms with E-state index in [4.69, 9.17) is 5.11 Å². The Labute approximate surface area is 48.5 Å². The van der Waals surface area contributed by atoms with Crippen LogP contribution >= 0.6 is 0 Å². The van der Waals surface area contributed by atoms with Gasteiger partial charge in [-0.25, -0.2) is 4.39 Å². The summed E-state index contributed by atoms with van der Waals surface area (Å²) < 4.78 is 12.0.